The molecule has 0 spiro atoms. The third-order valence-corrected chi connectivity index (χ3v) is 3.72. The predicted molar refractivity (Wildman–Crippen MR) is 68.0 cm³/mol. The Labute approximate surface area is 105 Å². The summed E-state index contributed by atoms with van der Waals surface area (Å²) in [6.07, 6.45) is 1.09. The van der Waals surface area contributed by atoms with Crippen molar-refractivity contribution in [3.8, 4) is 0 Å². The van der Waals surface area contributed by atoms with Gasteiger partial charge >= 0.3 is 0 Å². The van der Waals surface area contributed by atoms with Crippen LogP contribution in [0.25, 0.3) is 0 Å². The van der Waals surface area contributed by atoms with Crippen LogP contribution in [-0.4, -0.2) is 26.8 Å². The maximum absolute atomic E-state index is 4.02. The van der Waals surface area contributed by atoms with Crippen molar-refractivity contribution in [1.29, 1.82) is 0 Å². The SMILES string of the molecule is CCNCc1nnnn1Cc1ccc(CC)s1. The maximum Gasteiger partial charge on any atom is 0.165 e. The number of thiophene rings is 1. The minimum Gasteiger partial charge on any atom is -0.310 e. The average molecular weight is 251 g/mol. The van der Waals surface area contributed by atoms with Gasteiger partial charge in [0, 0.05) is 9.75 Å². The largest absolute Gasteiger partial charge is 0.310 e. The van der Waals surface area contributed by atoms with Crippen LogP contribution in [0.1, 0.15) is 29.4 Å². The molecule has 0 fully saturated rings. The highest BCUT2D eigenvalue weighted by Crippen LogP contribution is 2.17. The van der Waals surface area contributed by atoms with E-state index in [1.54, 1.807) is 0 Å². The first-order chi connectivity index (χ1) is 8.33. The fourth-order valence-corrected chi connectivity index (χ4v) is 2.49. The summed E-state index contributed by atoms with van der Waals surface area (Å²) in [6, 6.07) is 4.33. The van der Waals surface area contributed by atoms with Gasteiger partial charge in [-0.3, -0.25) is 0 Å². The van der Waals surface area contributed by atoms with Crippen molar-refractivity contribution < 1.29 is 0 Å². The highest BCUT2D eigenvalue weighted by Gasteiger charge is 2.07. The number of nitrogens with zero attached hydrogens (tertiary/aromatic N) is 4. The molecule has 0 radical (unpaired) electrons. The van der Waals surface area contributed by atoms with Crippen LogP contribution in [0.4, 0.5) is 0 Å². The molecule has 0 unspecified atom stereocenters. The molecule has 0 bridgehead atoms. The number of rotatable bonds is 6. The standard InChI is InChI=1S/C11H17N5S/c1-3-9-5-6-10(17-9)8-16-11(7-12-4-2)13-14-15-16/h5-6,12H,3-4,7-8H2,1-2H3. The Bertz CT molecular complexity index is 462. The van der Waals surface area contributed by atoms with Gasteiger partial charge in [-0.2, -0.15) is 0 Å². The van der Waals surface area contributed by atoms with E-state index in [-0.39, 0.29) is 0 Å². The average Bonchev–Trinajstić information content (AvgIpc) is 2.96. The smallest absolute Gasteiger partial charge is 0.165 e. The summed E-state index contributed by atoms with van der Waals surface area (Å²) in [6.45, 7) is 6.64. The maximum atomic E-state index is 4.02. The summed E-state index contributed by atoms with van der Waals surface area (Å²) in [5, 5.41) is 15.0. The molecule has 0 aliphatic carbocycles. The van der Waals surface area contributed by atoms with E-state index in [1.807, 2.05) is 16.0 Å². The lowest BCUT2D eigenvalue weighted by Crippen LogP contribution is -2.17. The molecule has 0 atom stereocenters. The Morgan fingerprint density at radius 2 is 2.12 bits per heavy atom. The van der Waals surface area contributed by atoms with Crippen molar-refractivity contribution >= 4 is 11.3 Å². The lowest BCUT2D eigenvalue weighted by Gasteiger charge is -2.02. The zero-order chi connectivity index (χ0) is 12.1. The third-order valence-electron chi connectivity index (χ3n) is 2.51. The van der Waals surface area contributed by atoms with Gasteiger partial charge in [0.2, 0.25) is 0 Å². The van der Waals surface area contributed by atoms with E-state index in [2.05, 4.69) is 46.8 Å². The minimum absolute atomic E-state index is 0.718. The van der Waals surface area contributed by atoms with Gasteiger partial charge in [-0.1, -0.05) is 13.8 Å². The monoisotopic (exact) mass is 251 g/mol. The van der Waals surface area contributed by atoms with Crippen molar-refractivity contribution in [1.82, 2.24) is 25.5 Å². The minimum atomic E-state index is 0.718. The lowest BCUT2D eigenvalue weighted by molar-refractivity contribution is 0.591. The van der Waals surface area contributed by atoms with Gasteiger partial charge in [-0.05, 0) is 35.5 Å². The quantitative estimate of drug-likeness (QED) is 0.844. The fourth-order valence-electron chi connectivity index (χ4n) is 1.55. The Morgan fingerprint density at radius 3 is 2.82 bits per heavy atom. The van der Waals surface area contributed by atoms with Crippen LogP contribution in [0.15, 0.2) is 12.1 Å². The summed E-state index contributed by atoms with van der Waals surface area (Å²) in [7, 11) is 0. The topological polar surface area (TPSA) is 55.6 Å². The van der Waals surface area contributed by atoms with E-state index >= 15 is 0 Å². The molecule has 0 amide bonds. The van der Waals surface area contributed by atoms with Gasteiger partial charge in [-0.15, -0.1) is 16.4 Å². The second-order valence-corrected chi connectivity index (χ2v) is 5.01. The van der Waals surface area contributed by atoms with E-state index < -0.39 is 0 Å². The molecule has 2 aromatic rings. The van der Waals surface area contributed by atoms with Gasteiger partial charge in [-0.25, -0.2) is 4.68 Å². The number of hydrogen-bond acceptors (Lipinski definition) is 5. The van der Waals surface area contributed by atoms with Gasteiger partial charge in [0.1, 0.15) is 0 Å². The molecular formula is C11H17N5S. The van der Waals surface area contributed by atoms with E-state index in [0.717, 1.165) is 31.9 Å². The Balaban J connectivity index is 2.04. The second-order valence-electron chi connectivity index (χ2n) is 3.75. The molecule has 2 aromatic heterocycles. The van der Waals surface area contributed by atoms with Crippen molar-refractivity contribution in [2.75, 3.05) is 6.54 Å². The molecule has 17 heavy (non-hydrogen) atoms. The first kappa shape index (κ1) is 12.2. The summed E-state index contributed by atoms with van der Waals surface area (Å²) in [5.41, 5.74) is 0. The van der Waals surface area contributed by atoms with E-state index in [0.29, 0.717) is 0 Å². The number of tetrazole rings is 1. The molecule has 92 valence electrons. The number of aryl methyl sites for hydroxylation is 1. The first-order valence-electron chi connectivity index (χ1n) is 5.86. The Kier molecular flexibility index (Phi) is 4.22. The van der Waals surface area contributed by atoms with Crippen LogP contribution in [-0.2, 0) is 19.5 Å². The molecule has 5 nitrogen and oxygen atoms in total. The lowest BCUT2D eigenvalue weighted by atomic mass is 10.3. The van der Waals surface area contributed by atoms with Crippen LogP contribution in [0, 0.1) is 0 Å². The van der Waals surface area contributed by atoms with Crippen LogP contribution < -0.4 is 5.32 Å². The zero-order valence-electron chi connectivity index (χ0n) is 10.2. The molecule has 6 heteroatoms. The number of nitrogens with one attached hydrogen (secondary N) is 1. The molecule has 0 aromatic carbocycles. The Morgan fingerprint density at radius 1 is 1.29 bits per heavy atom. The van der Waals surface area contributed by atoms with Crippen molar-refractivity contribution in [2.45, 2.75) is 33.4 Å². The number of aromatic nitrogens is 4. The molecule has 1 N–H and O–H groups in total. The molecule has 0 saturated carbocycles. The Hall–Kier alpha value is -1.27. The normalized spacial score (nSPS) is 10.9. The van der Waals surface area contributed by atoms with Crippen LogP contribution in [0.5, 0.6) is 0 Å². The highest BCUT2D eigenvalue weighted by molar-refractivity contribution is 7.11. The summed E-state index contributed by atoms with van der Waals surface area (Å²) in [4.78, 5) is 2.70. The molecule has 2 heterocycles. The zero-order valence-corrected chi connectivity index (χ0v) is 11.0. The van der Waals surface area contributed by atoms with Crippen molar-refractivity contribution in [3.63, 3.8) is 0 Å². The van der Waals surface area contributed by atoms with E-state index in [9.17, 15) is 0 Å². The molecule has 2 rings (SSSR count). The summed E-state index contributed by atoms with van der Waals surface area (Å²) in [5.74, 6) is 0.887. The molecule has 0 aliphatic rings. The van der Waals surface area contributed by atoms with Crippen LogP contribution in [0.2, 0.25) is 0 Å². The highest BCUT2D eigenvalue weighted by atomic mass is 32.1. The predicted octanol–water partition coefficient (Wildman–Crippen LogP) is 1.45. The van der Waals surface area contributed by atoms with Gasteiger partial charge in [0.25, 0.3) is 0 Å². The van der Waals surface area contributed by atoms with Crippen LogP contribution >= 0.6 is 11.3 Å². The van der Waals surface area contributed by atoms with Crippen molar-refractivity contribution in [2.24, 2.45) is 0 Å². The summed E-state index contributed by atoms with van der Waals surface area (Å²) >= 11 is 1.83. The molecular weight excluding hydrogens is 234 g/mol. The van der Waals surface area contributed by atoms with Gasteiger partial charge in [0.15, 0.2) is 5.82 Å². The molecule has 0 saturated heterocycles. The van der Waals surface area contributed by atoms with Crippen molar-refractivity contribution in [3.05, 3.63) is 27.7 Å². The third kappa shape index (κ3) is 3.10. The van der Waals surface area contributed by atoms with Gasteiger partial charge < -0.3 is 5.32 Å². The fraction of sp³-hybridized carbons (Fsp3) is 0.545. The second kappa shape index (κ2) is 5.88. The van der Waals surface area contributed by atoms with Gasteiger partial charge in [0.05, 0.1) is 13.1 Å². The first-order valence-corrected chi connectivity index (χ1v) is 6.68. The van der Waals surface area contributed by atoms with E-state index in [1.165, 1.54) is 9.75 Å². The van der Waals surface area contributed by atoms with Crippen LogP contribution in [0.3, 0.4) is 0 Å². The van der Waals surface area contributed by atoms with E-state index in [4.69, 9.17) is 0 Å². The number of hydrogen-bond donors (Lipinski definition) is 1. The molecule has 0 aliphatic heterocycles. The summed E-state index contributed by atoms with van der Waals surface area (Å²) < 4.78 is 1.86.